The number of nitro groups is 1. The Bertz CT molecular complexity index is 582. The summed E-state index contributed by atoms with van der Waals surface area (Å²) in [6, 6.07) is 2.70. The van der Waals surface area contributed by atoms with Gasteiger partial charge in [0.05, 0.1) is 4.92 Å². The lowest BCUT2D eigenvalue weighted by molar-refractivity contribution is -0.388. The highest BCUT2D eigenvalue weighted by Gasteiger charge is 2.29. The normalized spacial score (nSPS) is 12.6. The maximum atomic E-state index is 13.6. The van der Waals surface area contributed by atoms with Crippen LogP contribution in [0.5, 0.6) is 0 Å². The van der Waals surface area contributed by atoms with E-state index in [1.54, 1.807) is 14.0 Å². The van der Waals surface area contributed by atoms with Gasteiger partial charge in [0.15, 0.2) is 4.90 Å². The van der Waals surface area contributed by atoms with Crippen LogP contribution in [0.25, 0.3) is 0 Å². The van der Waals surface area contributed by atoms with Crippen molar-refractivity contribution in [2.75, 3.05) is 13.6 Å². The first-order chi connectivity index (χ1) is 8.79. The van der Waals surface area contributed by atoms with E-state index in [-0.39, 0.29) is 25.0 Å². The van der Waals surface area contributed by atoms with Crippen molar-refractivity contribution in [3.8, 4) is 0 Å². The summed E-state index contributed by atoms with van der Waals surface area (Å²) in [7, 11) is -2.65. The summed E-state index contributed by atoms with van der Waals surface area (Å²) in [5, 5.41) is 13.5. The lowest BCUT2D eigenvalue weighted by Gasteiger charge is -2.12. The Hall–Kier alpha value is -1.29. The highest BCUT2D eigenvalue weighted by Crippen LogP contribution is 2.25. The molecule has 1 aromatic carbocycles. The maximum absolute atomic E-state index is 13.6. The van der Waals surface area contributed by atoms with Crippen LogP contribution in [0.4, 0.5) is 10.1 Å². The summed E-state index contributed by atoms with van der Waals surface area (Å²) in [6.45, 7) is 1.70. The molecule has 0 fully saturated rings. The van der Waals surface area contributed by atoms with Gasteiger partial charge in [0.1, 0.15) is 5.82 Å². The second-order valence-electron chi connectivity index (χ2n) is 3.89. The molecule has 0 spiro atoms. The number of hydrogen-bond donors (Lipinski definition) is 2. The molecule has 0 radical (unpaired) electrons. The Morgan fingerprint density at radius 3 is 2.55 bits per heavy atom. The fraction of sp³-hybridized carbons (Fsp3) is 0.400. The minimum absolute atomic E-state index is 0. The molecule has 1 aromatic rings. The highest BCUT2D eigenvalue weighted by atomic mass is 35.5. The van der Waals surface area contributed by atoms with E-state index in [4.69, 9.17) is 0 Å². The fourth-order valence-electron chi connectivity index (χ4n) is 1.32. The van der Waals surface area contributed by atoms with Crippen LogP contribution in [-0.2, 0) is 10.0 Å². The molecule has 0 bridgehead atoms. The zero-order chi connectivity index (χ0) is 14.6. The lowest BCUT2D eigenvalue weighted by Crippen LogP contribution is -2.37. The van der Waals surface area contributed by atoms with Gasteiger partial charge in [-0.2, -0.15) is 0 Å². The number of nitrogens with one attached hydrogen (secondary N) is 2. The first kappa shape index (κ1) is 18.7. The molecular weight excluding hydrogens is 313 g/mol. The minimum atomic E-state index is -4.28. The van der Waals surface area contributed by atoms with E-state index < -0.39 is 31.3 Å². The molecule has 0 saturated carbocycles. The molecule has 2 N–H and O–H groups in total. The molecule has 1 atom stereocenters. The molecule has 0 aliphatic heterocycles. The Morgan fingerprint density at radius 1 is 1.45 bits per heavy atom. The second kappa shape index (κ2) is 7.48. The van der Waals surface area contributed by atoms with E-state index >= 15 is 0 Å². The van der Waals surface area contributed by atoms with Gasteiger partial charge in [-0.05, 0) is 20.0 Å². The molecule has 0 heterocycles. The number of rotatable bonds is 6. The van der Waals surface area contributed by atoms with Crippen molar-refractivity contribution in [3.63, 3.8) is 0 Å². The summed E-state index contributed by atoms with van der Waals surface area (Å²) in [4.78, 5) is 8.88. The SMILES string of the molecule is CNC(C)CNS(=O)(=O)c1c(F)cccc1[N+](=O)[O-].Cl. The predicted molar refractivity (Wildman–Crippen MR) is 74.0 cm³/mol. The zero-order valence-corrected chi connectivity index (χ0v) is 12.4. The largest absolute Gasteiger partial charge is 0.316 e. The van der Waals surface area contributed by atoms with Gasteiger partial charge < -0.3 is 5.32 Å². The molecule has 1 unspecified atom stereocenters. The Labute approximate surface area is 122 Å². The smallest absolute Gasteiger partial charge is 0.292 e. The van der Waals surface area contributed by atoms with Crippen molar-refractivity contribution < 1.29 is 17.7 Å². The van der Waals surface area contributed by atoms with E-state index in [1.807, 2.05) is 0 Å². The average Bonchev–Trinajstić information content (AvgIpc) is 2.35. The summed E-state index contributed by atoms with van der Waals surface area (Å²) < 4.78 is 39.5. The van der Waals surface area contributed by atoms with Gasteiger partial charge in [-0.25, -0.2) is 17.5 Å². The van der Waals surface area contributed by atoms with Crippen molar-refractivity contribution in [2.24, 2.45) is 0 Å². The average molecular weight is 328 g/mol. The Balaban J connectivity index is 0.00000361. The second-order valence-corrected chi connectivity index (χ2v) is 5.59. The van der Waals surface area contributed by atoms with Crippen LogP contribution < -0.4 is 10.0 Å². The first-order valence-electron chi connectivity index (χ1n) is 5.39. The third kappa shape index (κ3) is 4.37. The maximum Gasteiger partial charge on any atom is 0.292 e. The molecule has 0 aromatic heterocycles. The van der Waals surface area contributed by atoms with Gasteiger partial charge in [-0.3, -0.25) is 10.1 Å². The molecule has 1 rings (SSSR count). The van der Waals surface area contributed by atoms with E-state index in [1.165, 1.54) is 0 Å². The third-order valence-corrected chi connectivity index (χ3v) is 3.97. The van der Waals surface area contributed by atoms with E-state index in [9.17, 15) is 22.9 Å². The number of nitrogens with zero attached hydrogens (tertiary/aromatic N) is 1. The van der Waals surface area contributed by atoms with E-state index in [0.717, 1.165) is 18.2 Å². The number of likely N-dealkylation sites (N-methyl/N-ethyl adjacent to an activating group) is 1. The molecule has 10 heteroatoms. The van der Waals surface area contributed by atoms with Crippen LogP contribution in [0.1, 0.15) is 6.92 Å². The van der Waals surface area contributed by atoms with Crippen molar-refractivity contribution >= 4 is 28.1 Å². The molecule has 0 aliphatic rings. The van der Waals surface area contributed by atoms with Crippen molar-refractivity contribution in [1.29, 1.82) is 0 Å². The van der Waals surface area contributed by atoms with Crippen LogP contribution in [0.3, 0.4) is 0 Å². The molecule has 0 saturated heterocycles. The Morgan fingerprint density at radius 2 is 2.05 bits per heavy atom. The van der Waals surface area contributed by atoms with Crippen molar-refractivity contribution in [3.05, 3.63) is 34.1 Å². The van der Waals surface area contributed by atoms with Gasteiger partial charge in [0, 0.05) is 18.7 Å². The first-order valence-corrected chi connectivity index (χ1v) is 6.87. The quantitative estimate of drug-likeness (QED) is 0.600. The number of benzene rings is 1. The van der Waals surface area contributed by atoms with Gasteiger partial charge in [0.2, 0.25) is 10.0 Å². The van der Waals surface area contributed by atoms with E-state index in [0.29, 0.717) is 0 Å². The van der Waals surface area contributed by atoms with E-state index in [2.05, 4.69) is 10.0 Å². The van der Waals surface area contributed by atoms with Crippen molar-refractivity contribution in [1.82, 2.24) is 10.0 Å². The summed E-state index contributed by atoms with van der Waals surface area (Å²) >= 11 is 0. The minimum Gasteiger partial charge on any atom is -0.316 e. The van der Waals surface area contributed by atoms with Crippen LogP contribution in [0, 0.1) is 15.9 Å². The topological polar surface area (TPSA) is 101 Å². The number of halogens is 2. The van der Waals surface area contributed by atoms with Gasteiger partial charge in [-0.1, -0.05) is 6.07 Å². The number of nitro benzene ring substituents is 1. The van der Waals surface area contributed by atoms with Crippen LogP contribution in [-0.4, -0.2) is 33.0 Å². The number of sulfonamides is 1. The molecule has 0 aliphatic carbocycles. The standard InChI is InChI=1S/C10H14FN3O4S.ClH/c1-7(12-2)6-13-19(17,18)10-8(11)4-3-5-9(10)14(15)16;/h3-5,7,12-13H,6H2,1-2H3;1H. The fourth-order valence-corrected chi connectivity index (χ4v) is 2.67. The van der Waals surface area contributed by atoms with Gasteiger partial charge in [-0.15, -0.1) is 12.4 Å². The zero-order valence-electron chi connectivity index (χ0n) is 10.8. The van der Waals surface area contributed by atoms with Gasteiger partial charge in [0.25, 0.3) is 5.69 Å². The molecular formula is C10H15ClFN3O4S. The Kier molecular flexibility index (Phi) is 7.00. The molecule has 7 nitrogen and oxygen atoms in total. The molecule has 114 valence electrons. The van der Waals surface area contributed by atoms with Crippen molar-refractivity contribution in [2.45, 2.75) is 17.9 Å². The van der Waals surface area contributed by atoms with Gasteiger partial charge >= 0.3 is 0 Å². The third-order valence-electron chi connectivity index (χ3n) is 2.48. The molecule has 20 heavy (non-hydrogen) atoms. The summed E-state index contributed by atoms with van der Waals surface area (Å²) in [5.41, 5.74) is -0.787. The van der Waals surface area contributed by atoms with Crippen LogP contribution in [0.15, 0.2) is 23.1 Å². The summed E-state index contributed by atoms with van der Waals surface area (Å²) in [5.74, 6) is -1.15. The predicted octanol–water partition coefficient (Wildman–Crippen LogP) is 1.04. The monoisotopic (exact) mass is 327 g/mol. The van der Waals surface area contributed by atoms with Crippen LogP contribution in [0.2, 0.25) is 0 Å². The summed E-state index contributed by atoms with van der Waals surface area (Å²) in [6.07, 6.45) is 0. The number of hydrogen-bond acceptors (Lipinski definition) is 5. The highest BCUT2D eigenvalue weighted by molar-refractivity contribution is 7.89. The van der Waals surface area contributed by atoms with Crippen LogP contribution >= 0.6 is 12.4 Å². The molecule has 0 amide bonds. The lowest BCUT2D eigenvalue weighted by atomic mass is 10.3.